The molecule has 1 amide bonds. The molecule has 0 bridgehead atoms. The molecule has 7 nitrogen and oxygen atoms in total. The zero-order valence-electron chi connectivity index (χ0n) is 15.6. The Balaban J connectivity index is 1.38. The Morgan fingerprint density at radius 1 is 1.03 bits per heavy atom. The monoisotopic (exact) mass is 389 g/mol. The largest absolute Gasteiger partial charge is 0.476 e. The van der Waals surface area contributed by atoms with Gasteiger partial charge in [-0.25, -0.2) is 19.5 Å². The third-order valence-corrected chi connectivity index (χ3v) is 5.55. The number of aromatic carboxylic acids is 1. The average molecular weight is 389 g/mol. The van der Waals surface area contributed by atoms with Gasteiger partial charge in [0, 0.05) is 25.2 Å². The zero-order chi connectivity index (χ0) is 20.0. The van der Waals surface area contributed by atoms with Crippen molar-refractivity contribution in [3.63, 3.8) is 0 Å². The fourth-order valence-corrected chi connectivity index (χ4v) is 4.23. The number of amides is 1. The van der Waals surface area contributed by atoms with Crippen LogP contribution < -0.4 is 4.90 Å². The maximum atomic E-state index is 12.8. The Morgan fingerprint density at radius 3 is 2.34 bits per heavy atom. The number of aryl methyl sites for hydroxylation is 1. The van der Waals surface area contributed by atoms with Crippen molar-refractivity contribution in [3.8, 4) is 11.1 Å². The second-order valence-electron chi connectivity index (χ2n) is 7.23. The second kappa shape index (κ2) is 6.77. The van der Waals surface area contributed by atoms with E-state index in [2.05, 4.69) is 29.2 Å². The summed E-state index contributed by atoms with van der Waals surface area (Å²) < 4.78 is 7.38. The Hall–Kier alpha value is -3.61. The van der Waals surface area contributed by atoms with E-state index >= 15 is 0 Å². The number of nitrogens with zero attached hydrogens (tertiary/aromatic N) is 3. The highest BCUT2D eigenvalue weighted by molar-refractivity contribution is 5.89. The predicted molar refractivity (Wildman–Crippen MR) is 106 cm³/mol. The van der Waals surface area contributed by atoms with E-state index in [1.807, 2.05) is 24.3 Å². The lowest BCUT2D eigenvalue weighted by molar-refractivity contribution is 0.0691. The highest BCUT2D eigenvalue weighted by Crippen LogP contribution is 2.44. The van der Waals surface area contributed by atoms with Crippen molar-refractivity contribution in [2.24, 2.45) is 0 Å². The first-order chi connectivity index (χ1) is 14.1. The fraction of sp³-hybridized carbons (Fsp3) is 0.227. The number of aromatic nitrogens is 2. The molecule has 2 aliphatic rings. The van der Waals surface area contributed by atoms with Crippen molar-refractivity contribution < 1.29 is 19.4 Å². The molecule has 2 heterocycles. The van der Waals surface area contributed by atoms with Crippen LogP contribution in [0.5, 0.6) is 0 Å². The molecule has 1 N–H and O–H groups in total. The lowest BCUT2D eigenvalue weighted by atomic mass is 9.98. The normalized spacial score (nSPS) is 14.8. The van der Waals surface area contributed by atoms with E-state index in [1.165, 1.54) is 22.2 Å². The number of ether oxygens (including phenoxy) is 1. The third-order valence-electron chi connectivity index (χ3n) is 5.55. The molecule has 1 aliphatic carbocycles. The van der Waals surface area contributed by atoms with Gasteiger partial charge in [0.25, 0.3) is 0 Å². The van der Waals surface area contributed by atoms with E-state index < -0.39 is 12.1 Å². The Morgan fingerprint density at radius 2 is 1.69 bits per heavy atom. The minimum atomic E-state index is -1.11. The van der Waals surface area contributed by atoms with Crippen LogP contribution in [0.1, 0.15) is 34.0 Å². The quantitative estimate of drug-likeness (QED) is 0.738. The SMILES string of the molecule is O=C(O)c1cn2c(n1)N(C(=O)OCC1c3ccccc3-c3ccccc31)CCC2. The molecule has 3 aromatic rings. The number of carbonyl (C=O) groups excluding carboxylic acids is 1. The van der Waals surface area contributed by atoms with Crippen LogP contribution in [-0.4, -0.2) is 39.9 Å². The van der Waals surface area contributed by atoms with Crippen LogP contribution in [-0.2, 0) is 11.3 Å². The van der Waals surface area contributed by atoms with Gasteiger partial charge in [-0.3, -0.25) is 0 Å². The molecule has 146 valence electrons. The van der Waals surface area contributed by atoms with Crippen molar-refractivity contribution >= 4 is 18.0 Å². The molecule has 0 fully saturated rings. The molecule has 1 aromatic heterocycles. The summed E-state index contributed by atoms with van der Waals surface area (Å²) in [5.74, 6) is -0.810. The van der Waals surface area contributed by atoms with Crippen LogP contribution in [0.25, 0.3) is 11.1 Å². The predicted octanol–water partition coefficient (Wildman–Crippen LogP) is 3.74. The minimum Gasteiger partial charge on any atom is -0.476 e. The first kappa shape index (κ1) is 17.5. The van der Waals surface area contributed by atoms with Gasteiger partial charge in [0.1, 0.15) is 6.61 Å². The van der Waals surface area contributed by atoms with Gasteiger partial charge >= 0.3 is 12.1 Å². The smallest absolute Gasteiger partial charge is 0.416 e. The molecule has 0 saturated heterocycles. The molecule has 5 rings (SSSR count). The summed E-state index contributed by atoms with van der Waals surface area (Å²) in [7, 11) is 0. The van der Waals surface area contributed by atoms with Crippen molar-refractivity contribution in [2.45, 2.75) is 18.9 Å². The standard InChI is InChI=1S/C22H19N3O4/c26-20(27)19-12-24-10-5-11-25(21(24)23-19)22(28)29-13-18-16-8-3-1-6-14(16)15-7-2-4-9-17(15)18/h1-4,6-9,12,18H,5,10-11,13H2,(H,26,27). The number of fused-ring (bicyclic) bond motifs is 4. The number of anilines is 1. The highest BCUT2D eigenvalue weighted by atomic mass is 16.6. The van der Waals surface area contributed by atoms with Gasteiger partial charge in [0.15, 0.2) is 5.69 Å². The van der Waals surface area contributed by atoms with Crippen molar-refractivity contribution in [3.05, 3.63) is 71.5 Å². The first-order valence-electron chi connectivity index (χ1n) is 9.56. The highest BCUT2D eigenvalue weighted by Gasteiger charge is 2.32. The molecular formula is C22H19N3O4. The van der Waals surface area contributed by atoms with Crippen LogP contribution >= 0.6 is 0 Å². The molecule has 0 unspecified atom stereocenters. The number of carboxylic acids is 1. The molecule has 29 heavy (non-hydrogen) atoms. The van der Waals surface area contributed by atoms with Crippen LogP contribution in [0, 0.1) is 0 Å². The lowest BCUT2D eigenvalue weighted by Gasteiger charge is -2.27. The van der Waals surface area contributed by atoms with Crippen LogP contribution in [0.4, 0.5) is 10.7 Å². The number of carbonyl (C=O) groups is 2. The summed E-state index contributed by atoms with van der Waals surface area (Å²) in [6.07, 6.45) is 1.67. The maximum absolute atomic E-state index is 12.8. The van der Waals surface area contributed by atoms with Gasteiger partial charge in [0.05, 0.1) is 0 Å². The van der Waals surface area contributed by atoms with Crippen molar-refractivity contribution in [2.75, 3.05) is 18.1 Å². The van der Waals surface area contributed by atoms with Crippen LogP contribution in [0.3, 0.4) is 0 Å². The Bertz CT molecular complexity index is 1080. The first-order valence-corrected chi connectivity index (χ1v) is 9.56. The van der Waals surface area contributed by atoms with Gasteiger partial charge in [-0.1, -0.05) is 48.5 Å². The van der Waals surface area contributed by atoms with E-state index in [9.17, 15) is 14.7 Å². The van der Waals surface area contributed by atoms with Gasteiger partial charge in [-0.2, -0.15) is 0 Å². The maximum Gasteiger partial charge on any atom is 0.416 e. The topological polar surface area (TPSA) is 84.7 Å². The number of benzene rings is 2. The summed E-state index contributed by atoms with van der Waals surface area (Å²) in [6, 6.07) is 16.3. The van der Waals surface area contributed by atoms with Crippen LogP contribution in [0.15, 0.2) is 54.7 Å². The van der Waals surface area contributed by atoms with Gasteiger partial charge in [0.2, 0.25) is 5.95 Å². The van der Waals surface area contributed by atoms with E-state index in [0.717, 1.165) is 11.1 Å². The van der Waals surface area contributed by atoms with Crippen molar-refractivity contribution in [1.82, 2.24) is 9.55 Å². The second-order valence-corrected chi connectivity index (χ2v) is 7.23. The summed E-state index contributed by atoms with van der Waals surface area (Å²) in [5, 5.41) is 9.18. The molecule has 1 aliphatic heterocycles. The Kier molecular flexibility index (Phi) is 4.08. The molecule has 0 spiro atoms. The molecule has 0 radical (unpaired) electrons. The van der Waals surface area contributed by atoms with Gasteiger partial charge < -0.3 is 14.4 Å². The fourth-order valence-electron chi connectivity index (χ4n) is 4.23. The lowest BCUT2D eigenvalue weighted by Crippen LogP contribution is -2.38. The van der Waals surface area contributed by atoms with Crippen LogP contribution in [0.2, 0.25) is 0 Å². The molecule has 7 heteroatoms. The summed E-state index contributed by atoms with van der Waals surface area (Å²) >= 11 is 0. The number of hydrogen-bond acceptors (Lipinski definition) is 4. The van der Waals surface area contributed by atoms with E-state index in [-0.39, 0.29) is 18.2 Å². The average Bonchev–Trinajstić information content (AvgIpc) is 3.32. The minimum absolute atomic E-state index is 0.0227. The van der Waals surface area contributed by atoms with E-state index in [1.54, 1.807) is 4.57 Å². The summed E-state index contributed by atoms with van der Waals surface area (Å²) in [5.41, 5.74) is 4.57. The Labute approximate surface area is 167 Å². The van der Waals surface area contributed by atoms with Gasteiger partial charge in [-0.15, -0.1) is 0 Å². The number of hydrogen-bond donors (Lipinski definition) is 1. The number of imidazole rings is 1. The summed E-state index contributed by atoms with van der Waals surface area (Å²) in [6.45, 7) is 1.30. The molecule has 2 aromatic carbocycles. The third kappa shape index (κ3) is 2.86. The number of carboxylic acid groups (broad SMARTS) is 1. The molecule has 0 saturated carbocycles. The molecular weight excluding hydrogens is 370 g/mol. The molecule has 0 atom stereocenters. The van der Waals surface area contributed by atoms with E-state index in [0.29, 0.717) is 25.5 Å². The van der Waals surface area contributed by atoms with E-state index in [4.69, 9.17) is 4.74 Å². The van der Waals surface area contributed by atoms with Gasteiger partial charge in [-0.05, 0) is 28.7 Å². The summed E-state index contributed by atoms with van der Waals surface area (Å²) in [4.78, 5) is 29.6. The number of rotatable bonds is 3. The van der Waals surface area contributed by atoms with Crippen molar-refractivity contribution in [1.29, 1.82) is 0 Å². The zero-order valence-corrected chi connectivity index (χ0v) is 15.6.